The number of aromatic hydroxyl groups is 1. The fraction of sp³-hybridized carbons (Fsp3) is 0.0952. The summed E-state index contributed by atoms with van der Waals surface area (Å²) < 4.78 is 13.3. The van der Waals surface area contributed by atoms with E-state index in [0.29, 0.717) is 18.2 Å². The minimum absolute atomic E-state index is 0.200. The van der Waals surface area contributed by atoms with Crippen LogP contribution >= 0.6 is 12.2 Å². The molecule has 0 aliphatic carbocycles. The van der Waals surface area contributed by atoms with Gasteiger partial charge >= 0.3 is 0 Å². The lowest BCUT2D eigenvalue weighted by Gasteiger charge is -2.26. The van der Waals surface area contributed by atoms with E-state index in [0.717, 1.165) is 16.8 Å². The average molecular weight is 366 g/mol. The van der Waals surface area contributed by atoms with E-state index in [1.165, 1.54) is 12.1 Å². The fourth-order valence-electron chi connectivity index (χ4n) is 2.59. The van der Waals surface area contributed by atoms with Gasteiger partial charge in [-0.05, 0) is 48.1 Å². The number of anilines is 1. The smallest absolute Gasteiger partial charge is 0.174 e. The summed E-state index contributed by atoms with van der Waals surface area (Å²) in [6.07, 6.45) is 0. The van der Waals surface area contributed by atoms with Gasteiger partial charge in [-0.3, -0.25) is 0 Å². The van der Waals surface area contributed by atoms with Gasteiger partial charge in [0.15, 0.2) is 5.11 Å². The molecule has 3 rings (SSSR count). The second-order valence-corrected chi connectivity index (χ2v) is 6.22. The molecule has 0 aliphatic rings. The standard InChI is InChI=1S/C21H19FN2OS/c22-18-10-12-19(13-11-18)24(15-17-8-4-5-9-20(17)25)21(26)23-14-16-6-2-1-3-7-16/h1-13,25H,14-15H2,(H,23,26). The monoisotopic (exact) mass is 366 g/mol. The Labute approximate surface area is 157 Å². The number of rotatable bonds is 5. The molecular formula is C21H19FN2OS. The first kappa shape index (κ1) is 17.9. The first-order chi connectivity index (χ1) is 12.6. The number of phenolic OH excluding ortho intramolecular Hbond substituents is 1. The van der Waals surface area contributed by atoms with Crippen molar-refractivity contribution in [2.24, 2.45) is 0 Å². The third-order valence-corrected chi connectivity index (χ3v) is 4.35. The Morgan fingerprint density at radius 1 is 0.923 bits per heavy atom. The number of hydrogen-bond donors (Lipinski definition) is 2. The number of thiocarbonyl (C=S) groups is 1. The van der Waals surface area contributed by atoms with Crippen molar-refractivity contribution in [2.45, 2.75) is 13.1 Å². The highest BCUT2D eigenvalue weighted by molar-refractivity contribution is 7.80. The minimum atomic E-state index is -0.306. The van der Waals surface area contributed by atoms with Crippen LogP contribution in [0.4, 0.5) is 10.1 Å². The van der Waals surface area contributed by atoms with E-state index in [9.17, 15) is 9.50 Å². The number of nitrogens with one attached hydrogen (secondary N) is 1. The summed E-state index contributed by atoms with van der Waals surface area (Å²) in [4.78, 5) is 1.84. The molecule has 3 nitrogen and oxygen atoms in total. The van der Waals surface area contributed by atoms with Crippen molar-refractivity contribution in [1.29, 1.82) is 0 Å². The molecule has 0 bridgehead atoms. The van der Waals surface area contributed by atoms with Gasteiger partial charge in [-0.1, -0.05) is 48.5 Å². The second-order valence-electron chi connectivity index (χ2n) is 5.84. The normalized spacial score (nSPS) is 10.3. The molecule has 5 heteroatoms. The van der Waals surface area contributed by atoms with Crippen molar-refractivity contribution < 1.29 is 9.50 Å². The van der Waals surface area contributed by atoms with Crippen LogP contribution in [-0.4, -0.2) is 10.2 Å². The molecular weight excluding hydrogens is 347 g/mol. The molecule has 26 heavy (non-hydrogen) atoms. The number of hydrogen-bond acceptors (Lipinski definition) is 2. The molecule has 0 aliphatic heterocycles. The highest BCUT2D eigenvalue weighted by atomic mass is 32.1. The van der Waals surface area contributed by atoms with Gasteiger partial charge in [0.1, 0.15) is 11.6 Å². The maximum atomic E-state index is 13.3. The molecule has 0 amide bonds. The summed E-state index contributed by atoms with van der Waals surface area (Å²) in [5.41, 5.74) is 2.59. The summed E-state index contributed by atoms with van der Waals surface area (Å²) in [7, 11) is 0. The molecule has 3 aromatic rings. The maximum Gasteiger partial charge on any atom is 0.174 e. The molecule has 0 spiro atoms. The number of nitrogens with zero attached hydrogens (tertiary/aromatic N) is 1. The second kappa shape index (κ2) is 8.45. The Morgan fingerprint density at radius 2 is 1.58 bits per heavy atom. The van der Waals surface area contributed by atoms with Gasteiger partial charge in [0.25, 0.3) is 0 Å². The van der Waals surface area contributed by atoms with Crippen LogP contribution in [0.15, 0.2) is 78.9 Å². The molecule has 132 valence electrons. The van der Waals surface area contributed by atoms with Gasteiger partial charge in [0.05, 0.1) is 6.54 Å². The third-order valence-electron chi connectivity index (χ3n) is 3.99. The molecule has 0 saturated heterocycles. The van der Waals surface area contributed by atoms with Crippen LogP contribution in [0.5, 0.6) is 5.75 Å². The molecule has 0 fully saturated rings. The molecule has 0 atom stereocenters. The summed E-state index contributed by atoms with van der Waals surface area (Å²) in [6.45, 7) is 0.955. The lowest BCUT2D eigenvalue weighted by atomic mass is 10.1. The van der Waals surface area contributed by atoms with Crippen molar-refractivity contribution in [3.63, 3.8) is 0 Å². The molecule has 0 radical (unpaired) electrons. The van der Waals surface area contributed by atoms with Gasteiger partial charge in [-0.15, -0.1) is 0 Å². The first-order valence-corrected chi connectivity index (χ1v) is 8.66. The average Bonchev–Trinajstić information content (AvgIpc) is 2.67. The SMILES string of the molecule is Oc1ccccc1CN(C(=S)NCc1ccccc1)c1ccc(F)cc1. The maximum absolute atomic E-state index is 13.3. The third kappa shape index (κ3) is 4.58. The summed E-state index contributed by atoms with van der Waals surface area (Å²) >= 11 is 5.57. The van der Waals surface area contributed by atoms with E-state index in [1.54, 1.807) is 24.3 Å². The van der Waals surface area contributed by atoms with Crippen LogP contribution in [0.3, 0.4) is 0 Å². The van der Waals surface area contributed by atoms with Gasteiger partial charge < -0.3 is 15.3 Å². The Bertz CT molecular complexity index is 869. The van der Waals surface area contributed by atoms with Gasteiger partial charge in [0.2, 0.25) is 0 Å². The van der Waals surface area contributed by atoms with E-state index in [4.69, 9.17) is 12.2 Å². The van der Waals surface area contributed by atoms with Crippen LogP contribution in [-0.2, 0) is 13.1 Å². The van der Waals surface area contributed by atoms with Crippen LogP contribution in [0, 0.1) is 5.82 Å². The van der Waals surface area contributed by atoms with E-state index in [-0.39, 0.29) is 11.6 Å². The highest BCUT2D eigenvalue weighted by Crippen LogP contribution is 2.23. The number of para-hydroxylation sites is 1. The highest BCUT2D eigenvalue weighted by Gasteiger charge is 2.15. The Kier molecular flexibility index (Phi) is 5.81. The number of phenols is 1. The molecule has 0 aromatic heterocycles. The molecule has 0 unspecified atom stereocenters. The van der Waals surface area contributed by atoms with Crippen LogP contribution < -0.4 is 10.2 Å². The Balaban J connectivity index is 1.81. The van der Waals surface area contributed by atoms with Crippen molar-refractivity contribution in [3.05, 3.63) is 95.8 Å². The predicted molar refractivity (Wildman–Crippen MR) is 107 cm³/mol. The zero-order valence-electron chi connectivity index (χ0n) is 14.1. The van der Waals surface area contributed by atoms with Crippen molar-refractivity contribution in [3.8, 4) is 5.75 Å². The molecule has 2 N–H and O–H groups in total. The van der Waals surface area contributed by atoms with Crippen LogP contribution in [0.25, 0.3) is 0 Å². The number of benzene rings is 3. The van der Waals surface area contributed by atoms with Gasteiger partial charge in [0, 0.05) is 17.8 Å². The largest absolute Gasteiger partial charge is 0.508 e. The topological polar surface area (TPSA) is 35.5 Å². The Morgan fingerprint density at radius 3 is 2.27 bits per heavy atom. The van der Waals surface area contributed by atoms with E-state index >= 15 is 0 Å². The summed E-state index contributed by atoms with van der Waals surface area (Å²) in [6, 6.07) is 23.2. The Hall–Kier alpha value is -2.92. The zero-order valence-corrected chi connectivity index (χ0v) is 14.9. The van der Waals surface area contributed by atoms with Gasteiger partial charge in [-0.25, -0.2) is 4.39 Å². The fourth-order valence-corrected chi connectivity index (χ4v) is 2.83. The van der Waals surface area contributed by atoms with E-state index < -0.39 is 0 Å². The summed E-state index contributed by atoms with van der Waals surface area (Å²) in [5, 5.41) is 13.8. The quantitative estimate of drug-likeness (QED) is 0.646. The molecule has 0 saturated carbocycles. The number of halogens is 1. The lowest BCUT2D eigenvalue weighted by molar-refractivity contribution is 0.468. The van der Waals surface area contributed by atoms with E-state index in [2.05, 4.69) is 5.32 Å². The van der Waals surface area contributed by atoms with Crippen molar-refractivity contribution in [1.82, 2.24) is 5.32 Å². The van der Waals surface area contributed by atoms with Gasteiger partial charge in [-0.2, -0.15) is 0 Å². The van der Waals surface area contributed by atoms with Crippen molar-refractivity contribution >= 4 is 23.0 Å². The van der Waals surface area contributed by atoms with E-state index in [1.807, 2.05) is 47.4 Å². The lowest BCUT2D eigenvalue weighted by Crippen LogP contribution is -2.39. The predicted octanol–water partition coefficient (Wildman–Crippen LogP) is 4.61. The van der Waals surface area contributed by atoms with Crippen LogP contribution in [0.1, 0.15) is 11.1 Å². The minimum Gasteiger partial charge on any atom is -0.508 e. The molecule has 0 heterocycles. The first-order valence-electron chi connectivity index (χ1n) is 8.25. The van der Waals surface area contributed by atoms with Crippen molar-refractivity contribution in [2.75, 3.05) is 4.90 Å². The van der Waals surface area contributed by atoms with Crippen LogP contribution in [0.2, 0.25) is 0 Å². The zero-order chi connectivity index (χ0) is 18.4. The summed E-state index contributed by atoms with van der Waals surface area (Å²) in [5.74, 6) is -0.107. The molecule has 3 aromatic carbocycles.